The Hall–Kier alpha value is -1.82. The number of nitrogens with one attached hydrogen (secondary N) is 2. The van der Waals surface area contributed by atoms with Crippen LogP contribution in [0.4, 0.5) is 0 Å². The van der Waals surface area contributed by atoms with E-state index in [1.807, 2.05) is 38.9 Å². The molecule has 0 aliphatic carbocycles. The zero-order valence-electron chi connectivity index (χ0n) is 11.9. The number of hydrogen-bond acceptors (Lipinski definition) is 4. The maximum Gasteiger partial charge on any atom is 0.309 e. The average Bonchev–Trinajstić information content (AvgIpc) is 2.64. The predicted octanol–water partition coefficient (Wildman–Crippen LogP) is 0.190. The van der Waals surface area contributed by atoms with Gasteiger partial charge in [-0.3, -0.25) is 9.59 Å². The summed E-state index contributed by atoms with van der Waals surface area (Å²) >= 11 is 0. The molecular weight excluding hydrogens is 246 g/mol. The Morgan fingerprint density at radius 3 is 2.37 bits per heavy atom. The highest BCUT2D eigenvalue weighted by Gasteiger charge is 2.13. The van der Waals surface area contributed by atoms with Crippen LogP contribution < -0.4 is 10.6 Å². The van der Waals surface area contributed by atoms with Crippen LogP contribution in [0, 0.1) is 13.8 Å². The van der Waals surface area contributed by atoms with Crippen molar-refractivity contribution in [1.82, 2.24) is 15.5 Å². The Morgan fingerprint density at radius 2 is 1.84 bits per heavy atom. The molecule has 0 aromatic carbocycles. The van der Waals surface area contributed by atoms with Gasteiger partial charge in [0.05, 0.1) is 0 Å². The molecule has 0 radical (unpaired) electrons. The topological polar surface area (TPSA) is 74.6 Å². The lowest BCUT2D eigenvalue weighted by Crippen LogP contribution is -2.41. The van der Waals surface area contributed by atoms with Crippen LogP contribution >= 0.6 is 0 Å². The van der Waals surface area contributed by atoms with E-state index in [2.05, 4.69) is 10.6 Å². The molecule has 0 atom stereocenters. The van der Waals surface area contributed by atoms with Gasteiger partial charge in [0.25, 0.3) is 0 Å². The maximum atomic E-state index is 11.5. The van der Waals surface area contributed by atoms with Crippen LogP contribution in [-0.4, -0.2) is 43.9 Å². The highest BCUT2D eigenvalue weighted by molar-refractivity contribution is 6.35. The van der Waals surface area contributed by atoms with Crippen molar-refractivity contribution in [3.8, 4) is 0 Å². The van der Waals surface area contributed by atoms with Crippen LogP contribution in [0.2, 0.25) is 0 Å². The first-order valence-electron chi connectivity index (χ1n) is 6.17. The van der Waals surface area contributed by atoms with Crippen LogP contribution in [0.3, 0.4) is 0 Å². The van der Waals surface area contributed by atoms with E-state index in [0.29, 0.717) is 19.6 Å². The van der Waals surface area contributed by atoms with E-state index in [1.165, 1.54) is 0 Å². The number of carbonyl (C=O) groups excluding carboxylic acids is 2. The van der Waals surface area contributed by atoms with Gasteiger partial charge in [-0.25, -0.2) is 0 Å². The van der Waals surface area contributed by atoms with Crippen LogP contribution in [0.1, 0.15) is 17.1 Å². The van der Waals surface area contributed by atoms with E-state index in [1.54, 1.807) is 0 Å². The maximum absolute atomic E-state index is 11.5. The fraction of sp³-hybridized carbons (Fsp3) is 0.538. The zero-order valence-corrected chi connectivity index (χ0v) is 11.9. The first kappa shape index (κ1) is 15.2. The smallest absolute Gasteiger partial charge is 0.309 e. The molecule has 1 aromatic rings. The normalized spacial score (nSPS) is 10.6. The molecule has 0 unspecified atom stereocenters. The Labute approximate surface area is 113 Å². The van der Waals surface area contributed by atoms with Gasteiger partial charge < -0.3 is 20.0 Å². The lowest BCUT2D eigenvalue weighted by Gasteiger charge is -2.10. The summed E-state index contributed by atoms with van der Waals surface area (Å²) in [4.78, 5) is 24.9. The van der Waals surface area contributed by atoms with Crippen molar-refractivity contribution < 1.29 is 14.0 Å². The van der Waals surface area contributed by atoms with E-state index < -0.39 is 11.8 Å². The van der Waals surface area contributed by atoms with Gasteiger partial charge in [-0.2, -0.15) is 0 Å². The van der Waals surface area contributed by atoms with Crippen molar-refractivity contribution in [2.24, 2.45) is 0 Å². The average molecular weight is 267 g/mol. The third kappa shape index (κ3) is 5.13. The second-order valence-electron chi connectivity index (χ2n) is 4.68. The molecule has 1 rings (SSSR count). The minimum atomic E-state index is -0.628. The summed E-state index contributed by atoms with van der Waals surface area (Å²) in [5.74, 6) is 0.305. The van der Waals surface area contributed by atoms with Gasteiger partial charge in [0, 0.05) is 25.2 Å². The summed E-state index contributed by atoms with van der Waals surface area (Å²) in [5.41, 5.74) is 0.881. The number of aryl methyl sites for hydroxylation is 2. The molecule has 0 saturated carbocycles. The first-order chi connectivity index (χ1) is 8.90. The largest absolute Gasteiger partial charge is 0.466 e. The third-order valence-electron chi connectivity index (χ3n) is 2.63. The minimum absolute atomic E-state index is 0.295. The van der Waals surface area contributed by atoms with Crippen LogP contribution in [0.25, 0.3) is 0 Å². The van der Waals surface area contributed by atoms with Gasteiger partial charge in [0.15, 0.2) is 0 Å². The summed E-state index contributed by atoms with van der Waals surface area (Å²) in [7, 11) is 3.80. The molecular formula is C13H21N3O3. The number of likely N-dealkylation sites (N-methyl/N-ethyl adjacent to an activating group) is 1. The number of rotatable bonds is 5. The second-order valence-corrected chi connectivity index (χ2v) is 4.68. The molecule has 6 heteroatoms. The third-order valence-corrected chi connectivity index (χ3v) is 2.63. The van der Waals surface area contributed by atoms with E-state index in [9.17, 15) is 9.59 Å². The lowest BCUT2D eigenvalue weighted by molar-refractivity contribution is -0.139. The van der Waals surface area contributed by atoms with Gasteiger partial charge in [-0.15, -0.1) is 0 Å². The molecule has 0 bridgehead atoms. The van der Waals surface area contributed by atoms with E-state index >= 15 is 0 Å². The summed E-state index contributed by atoms with van der Waals surface area (Å²) in [5, 5.41) is 5.12. The molecule has 0 fully saturated rings. The van der Waals surface area contributed by atoms with Crippen molar-refractivity contribution in [3.63, 3.8) is 0 Å². The Kier molecular flexibility index (Phi) is 5.57. The van der Waals surface area contributed by atoms with Gasteiger partial charge in [0.1, 0.15) is 11.5 Å². The quantitative estimate of drug-likeness (QED) is 0.747. The molecule has 2 amide bonds. The van der Waals surface area contributed by atoms with Crippen LogP contribution in [-0.2, 0) is 16.1 Å². The summed E-state index contributed by atoms with van der Waals surface area (Å²) in [6, 6.07) is 1.85. The summed E-state index contributed by atoms with van der Waals surface area (Å²) in [6.45, 7) is 5.10. The molecule has 1 aromatic heterocycles. The number of carbonyl (C=O) groups is 2. The molecule has 6 nitrogen and oxygen atoms in total. The summed E-state index contributed by atoms with van der Waals surface area (Å²) < 4.78 is 5.34. The highest BCUT2D eigenvalue weighted by Crippen LogP contribution is 2.12. The Bertz CT molecular complexity index is 452. The zero-order chi connectivity index (χ0) is 14.4. The van der Waals surface area contributed by atoms with Gasteiger partial charge >= 0.3 is 11.8 Å². The van der Waals surface area contributed by atoms with Crippen LogP contribution in [0.5, 0.6) is 0 Å². The highest BCUT2D eigenvalue weighted by atomic mass is 16.3. The van der Waals surface area contributed by atoms with E-state index in [-0.39, 0.29) is 0 Å². The predicted molar refractivity (Wildman–Crippen MR) is 71.6 cm³/mol. The van der Waals surface area contributed by atoms with Gasteiger partial charge in [-0.05, 0) is 34.0 Å². The molecule has 0 aliphatic heterocycles. The van der Waals surface area contributed by atoms with Crippen LogP contribution in [0.15, 0.2) is 10.5 Å². The number of nitrogens with zero attached hydrogens (tertiary/aromatic N) is 1. The van der Waals surface area contributed by atoms with Gasteiger partial charge in [0.2, 0.25) is 0 Å². The minimum Gasteiger partial charge on any atom is -0.466 e. The molecule has 0 spiro atoms. The molecule has 0 aliphatic rings. The Morgan fingerprint density at radius 1 is 1.21 bits per heavy atom. The molecule has 1 heterocycles. The van der Waals surface area contributed by atoms with Crippen molar-refractivity contribution in [2.45, 2.75) is 20.4 Å². The fourth-order valence-electron chi connectivity index (χ4n) is 1.59. The molecule has 2 N–H and O–H groups in total. The van der Waals surface area contributed by atoms with Crippen molar-refractivity contribution in [1.29, 1.82) is 0 Å². The molecule has 19 heavy (non-hydrogen) atoms. The first-order valence-corrected chi connectivity index (χ1v) is 6.17. The van der Waals surface area contributed by atoms with Crippen molar-refractivity contribution in [3.05, 3.63) is 23.2 Å². The van der Waals surface area contributed by atoms with Crippen molar-refractivity contribution in [2.75, 3.05) is 27.2 Å². The van der Waals surface area contributed by atoms with E-state index in [4.69, 9.17) is 4.42 Å². The summed E-state index contributed by atoms with van der Waals surface area (Å²) in [6.07, 6.45) is 0. The van der Waals surface area contributed by atoms with E-state index in [0.717, 1.165) is 17.1 Å². The number of amides is 2. The fourth-order valence-corrected chi connectivity index (χ4v) is 1.59. The lowest BCUT2D eigenvalue weighted by atomic mass is 10.2. The standard InChI is InChI=1S/C13H21N3O3/c1-9-7-11(10(2)19-9)8-15-13(18)12(17)14-5-6-16(3)4/h7H,5-6,8H2,1-4H3,(H,14,17)(H,15,18). The van der Waals surface area contributed by atoms with Crippen molar-refractivity contribution >= 4 is 11.8 Å². The molecule has 0 saturated heterocycles. The van der Waals surface area contributed by atoms with Gasteiger partial charge in [-0.1, -0.05) is 0 Å². The monoisotopic (exact) mass is 267 g/mol. The second kappa shape index (κ2) is 6.94. The number of hydrogen-bond donors (Lipinski definition) is 2. The number of furan rings is 1. The Balaban J connectivity index is 2.34. The molecule has 106 valence electrons. The SMILES string of the molecule is Cc1cc(CNC(=O)C(=O)NCCN(C)C)c(C)o1.